The summed E-state index contributed by atoms with van der Waals surface area (Å²) in [5.74, 6) is -1.89. The van der Waals surface area contributed by atoms with E-state index in [0.29, 0.717) is 34.7 Å². The monoisotopic (exact) mass is 566 g/mol. The molecule has 2 fully saturated rings. The molecule has 0 radical (unpaired) electrons. The molecule has 0 spiro atoms. The van der Waals surface area contributed by atoms with Gasteiger partial charge in [-0.25, -0.2) is 0 Å². The molecule has 0 saturated carbocycles. The summed E-state index contributed by atoms with van der Waals surface area (Å²) in [5.41, 5.74) is 3.30. The van der Waals surface area contributed by atoms with E-state index in [2.05, 4.69) is 17.0 Å². The van der Waals surface area contributed by atoms with Crippen LogP contribution in [0.5, 0.6) is 0 Å². The van der Waals surface area contributed by atoms with Crippen LogP contribution in [0, 0.1) is 17.8 Å². The first-order valence-electron chi connectivity index (χ1n) is 14.9. The molecule has 216 valence electrons. The van der Waals surface area contributed by atoms with Gasteiger partial charge in [-0.15, -0.1) is 0 Å². The van der Waals surface area contributed by atoms with Crippen LogP contribution in [0.4, 0.5) is 0 Å². The second-order valence-electron chi connectivity index (χ2n) is 12.2. The van der Waals surface area contributed by atoms with Crippen molar-refractivity contribution in [2.24, 2.45) is 17.8 Å². The smallest absolute Gasteiger partial charge is 0.233 e. The van der Waals surface area contributed by atoms with Crippen molar-refractivity contribution in [2.75, 3.05) is 13.1 Å². The Bertz CT molecular complexity index is 1570. The van der Waals surface area contributed by atoms with Crippen molar-refractivity contribution in [2.45, 2.75) is 57.7 Å². The van der Waals surface area contributed by atoms with Crippen molar-refractivity contribution in [3.05, 3.63) is 94.0 Å². The van der Waals surface area contributed by atoms with Crippen LogP contribution in [0.1, 0.15) is 55.6 Å². The number of aliphatic hydroxyl groups is 1. The predicted molar refractivity (Wildman–Crippen MR) is 153 cm³/mol. The third-order valence-corrected chi connectivity index (χ3v) is 9.89. The van der Waals surface area contributed by atoms with Gasteiger partial charge < -0.3 is 9.52 Å². The van der Waals surface area contributed by atoms with Crippen LogP contribution in [0.2, 0.25) is 0 Å². The van der Waals surface area contributed by atoms with Gasteiger partial charge in [0.1, 0.15) is 18.1 Å². The summed E-state index contributed by atoms with van der Waals surface area (Å²) >= 11 is 0. The summed E-state index contributed by atoms with van der Waals surface area (Å²) in [7, 11) is 0. The number of benzene rings is 1. The molecule has 2 saturated heterocycles. The third kappa shape index (κ3) is 4.27. The predicted octanol–water partition coefficient (Wildman–Crippen LogP) is 3.87. The number of ketones is 2. The van der Waals surface area contributed by atoms with Gasteiger partial charge in [-0.3, -0.25) is 29.0 Å². The van der Waals surface area contributed by atoms with Crippen molar-refractivity contribution in [1.82, 2.24) is 9.80 Å². The Balaban J connectivity index is 1.17. The SMILES string of the molecule is CC1=CC(=O)C2=C(C1=O)C(c1ccc(CO)o1)C1=CCC3C(=O)N(C4CCN(Cc5ccccc5)CC4)C(=O)C3C1C2. The zero-order valence-electron chi connectivity index (χ0n) is 23.6. The number of nitrogens with zero attached hydrogens (tertiary/aromatic N) is 2. The Hall–Kier alpha value is -3.88. The highest BCUT2D eigenvalue weighted by Gasteiger charge is 2.57. The molecule has 0 bridgehead atoms. The number of hydrogen-bond donors (Lipinski definition) is 1. The number of piperidine rings is 1. The Labute approximate surface area is 244 Å². The quantitative estimate of drug-likeness (QED) is 0.333. The summed E-state index contributed by atoms with van der Waals surface area (Å²) in [6.07, 6.45) is 5.52. The molecular formula is C34H34N2O6. The first-order chi connectivity index (χ1) is 20.4. The summed E-state index contributed by atoms with van der Waals surface area (Å²) in [6.45, 7) is 3.82. The molecule has 4 atom stereocenters. The lowest BCUT2D eigenvalue weighted by molar-refractivity contribution is -0.144. The summed E-state index contributed by atoms with van der Waals surface area (Å²) in [4.78, 5) is 58.6. The lowest BCUT2D eigenvalue weighted by atomic mass is 9.60. The number of amides is 2. The number of fused-ring (bicyclic) bond motifs is 3. The Morgan fingerprint density at radius 1 is 0.952 bits per heavy atom. The van der Waals surface area contributed by atoms with E-state index >= 15 is 0 Å². The van der Waals surface area contributed by atoms with E-state index < -0.39 is 17.8 Å². The van der Waals surface area contributed by atoms with Gasteiger partial charge in [0, 0.05) is 42.4 Å². The summed E-state index contributed by atoms with van der Waals surface area (Å²) in [5, 5.41) is 9.64. The van der Waals surface area contributed by atoms with E-state index in [9.17, 15) is 24.3 Å². The number of likely N-dealkylation sites (tertiary alicyclic amines) is 2. The second kappa shape index (κ2) is 10.4. The van der Waals surface area contributed by atoms with Crippen LogP contribution in [-0.4, -0.2) is 57.4 Å². The maximum atomic E-state index is 14.2. The van der Waals surface area contributed by atoms with Gasteiger partial charge in [-0.2, -0.15) is 0 Å². The molecule has 3 aliphatic carbocycles. The molecule has 8 nitrogen and oxygen atoms in total. The van der Waals surface area contributed by atoms with E-state index in [-0.39, 0.29) is 48.4 Å². The lowest BCUT2D eigenvalue weighted by Crippen LogP contribution is -2.47. The Morgan fingerprint density at radius 2 is 1.71 bits per heavy atom. The zero-order valence-corrected chi connectivity index (χ0v) is 23.6. The van der Waals surface area contributed by atoms with Gasteiger partial charge in [0.25, 0.3) is 0 Å². The molecule has 2 amide bonds. The molecule has 1 N–H and O–H groups in total. The number of aliphatic hydroxyl groups excluding tert-OH is 1. The van der Waals surface area contributed by atoms with Gasteiger partial charge >= 0.3 is 0 Å². The molecule has 4 unspecified atom stereocenters. The number of Topliss-reactive ketones (excluding diaryl/α,β-unsaturated/α-hetero) is 1. The maximum Gasteiger partial charge on any atom is 0.233 e. The van der Waals surface area contributed by atoms with Gasteiger partial charge in [-0.05, 0) is 62.3 Å². The minimum Gasteiger partial charge on any atom is -0.463 e. The fraction of sp³-hybridized carbons (Fsp3) is 0.412. The summed E-state index contributed by atoms with van der Waals surface area (Å²) in [6, 6.07) is 13.6. The fourth-order valence-electron chi connectivity index (χ4n) is 7.88. The molecule has 2 aromatic rings. The Morgan fingerprint density at radius 3 is 2.43 bits per heavy atom. The molecule has 3 heterocycles. The third-order valence-electron chi connectivity index (χ3n) is 9.89. The fourth-order valence-corrected chi connectivity index (χ4v) is 7.88. The summed E-state index contributed by atoms with van der Waals surface area (Å²) < 4.78 is 5.94. The maximum absolute atomic E-state index is 14.2. The number of allylic oxidation sites excluding steroid dienone is 6. The highest BCUT2D eigenvalue weighted by atomic mass is 16.4. The van der Waals surface area contributed by atoms with Crippen LogP contribution in [-0.2, 0) is 32.3 Å². The van der Waals surface area contributed by atoms with Crippen molar-refractivity contribution < 1.29 is 28.7 Å². The average molecular weight is 567 g/mol. The highest BCUT2D eigenvalue weighted by Crippen LogP contribution is 2.55. The number of carbonyl (C=O) groups excluding carboxylic acids is 4. The second-order valence-corrected chi connectivity index (χ2v) is 12.2. The minimum absolute atomic E-state index is 0.111. The number of rotatable bonds is 5. The van der Waals surface area contributed by atoms with Crippen LogP contribution in [0.15, 0.2) is 81.3 Å². The highest BCUT2D eigenvalue weighted by molar-refractivity contribution is 6.23. The van der Waals surface area contributed by atoms with E-state index in [0.717, 1.165) is 38.0 Å². The van der Waals surface area contributed by atoms with Gasteiger partial charge in [-0.1, -0.05) is 42.0 Å². The normalized spacial score (nSPS) is 28.5. The minimum atomic E-state index is -0.627. The number of furan rings is 1. The zero-order chi connectivity index (χ0) is 29.1. The largest absolute Gasteiger partial charge is 0.463 e. The Kier molecular flexibility index (Phi) is 6.71. The number of imide groups is 1. The molecule has 2 aliphatic heterocycles. The first-order valence-corrected chi connectivity index (χ1v) is 14.9. The van der Waals surface area contributed by atoms with E-state index in [1.54, 1.807) is 24.0 Å². The molecule has 1 aromatic carbocycles. The van der Waals surface area contributed by atoms with Crippen LogP contribution in [0.25, 0.3) is 0 Å². The van der Waals surface area contributed by atoms with Gasteiger partial charge in [0.2, 0.25) is 11.8 Å². The van der Waals surface area contributed by atoms with Crippen LogP contribution < -0.4 is 0 Å². The van der Waals surface area contributed by atoms with E-state index in [1.807, 2.05) is 24.3 Å². The molecule has 42 heavy (non-hydrogen) atoms. The van der Waals surface area contributed by atoms with Gasteiger partial charge in [0.15, 0.2) is 11.6 Å². The molecular weight excluding hydrogens is 532 g/mol. The van der Waals surface area contributed by atoms with Crippen molar-refractivity contribution >= 4 is 23.4 Å². The topological polar surface area (TPSA) is 108 Å². The molecule has 7 rings (SSSR count). The lowest BCUT2D eigenvalue weighted by Gasteiger charge is -2.41. The average Bonchev–Trinajstić information content (AvgIpc) is 3.58. The van der Waals surface area contributed by atoms with Crippen LogP contribution in [0.3, 0.4) is 0 Å². The van der Waals surface area contributed by atoms with E-state index in [4.69, 9.17) is 4.42 Å². The molecule has 8 heteroatoms. The van der Waals surface area contributed by atoms with Crippen molar-refractivity contribution in [3.8, 4) is 0 Å². The standard InChI is InChI=1S/C34H34N2O6/c1-19-15-27(38)26-16-25-23(30(31(26)32(19)39)28-10-7-22(18-37)42-28)8-9-24-29(25)34(41)36(33(24)40)21-11-13-35(14-12-21)17-20-5-3-2-4-6-20/h2-8,10,15,21,24-25,29-30,37H,9,11-14,16-18H2,1H3. The molecule has 1 aromatic heterocycles. The first kappa shape index (κ1) is 27.0. The van der Waals surface area contributed by atoms with Crippen molar-refractivity contribution in [3.63, 3.8) is 0 Å². The van der Waals surface area contributed by atoms with Gasteiger partial charge in [0.05, 0.1) is 17.8 Å². The number of hydrogen-bond acceptors (Lipinski definition) is 7. The number of carbonyl (C=O) groups is 4. The van der Waals surface area contributed by atoms with E-state index in [1.165, 1.54) is 11.6 Å². The van der Waals surface area contributed by atoms with Crippen molar-refractivity contribution in [1.29, 1.82) is 0 Å². The van der Waals surface area contributed by atoms with Crippen LogP contribution >= 0.6 is 0 Å². The molecule has 5 aliphatic rings.